The Morgan fingerprint density at radius 2 is 2.07 bits per heavy atom. The van der Waals surface area contributed by atoms with Gasteiger partial charge >= 0.3 is 0 Å². The average molecular weight is 208 g/mol. The summed E-state index contributed by atoms with van der Waals surface area (Å²) in [5, 5.41) is 9.21. The highest BCUT2D eigenvalue weighted by molar-refractivity contribution is 5.31. The van der Waals surface area contributed by atoms with Crippen LogP contribution < -0.4 is 0 Å². The topological polar surface area (TPSA) is 20.2 Å². The van der Waals surface area contributed by atoms with Gasteiger partial charge < -0.3 is 5.11 Å². The van der Waals surface area contributed by atoms with Gasteiger partial charge in [0, 0.05) is 5.92 Å². The van der Waals surface area contributed by atoms with Gasteiger partial charge in [0.05, 0.1) is 13.3 Å². The van der Waals surface area contributed by atoms with E-state index in [0.29, 0.717) is 5.92 Å². The van der Waals surface area contributed by atoms with Gasteiger partial charge in [0.1, 0.15) is 0 Å². The van der Waals surface area contributed by atoms with Crippen molar-refractivity contribution in [2.45, 2.75) is 31.8 Å². The number of halogens is 1. The van der Waals surface area contributed by atoms with E-state index in [1.807, 2.05) is 24.3 Å². The van der Waals surface area contributed by atoms with Crippen LogP contribution >= 0.6 is 0 Å². The Morgan fingerprint density at radius 1 is 1.33 bits per heavy atom. The van der Waals surface area contributed by atoms with Crippen LogP contribution in [-0.2, 0) is 6.61 Å². The first-order valence-electron chi connectivity index (χ1n) is 5.61. The Morgan fingerprint density at radius 3 is 2.60 bits per heavy atom. The Labute approximate surface area is 89.9 Å². The predicted octanol–water partition coefficient (Wildman–Crippen LogP) is 3.03. The zero-order valence-electron chi connectivity index (χ0n) is 8.82. The van der Waals surface area contributed by atoms with Crippen molar-refractivity contribution >= 4 is 0 Å². The number of hydrogen-bond acceptors (Lipinski definition) is 1. The van der Waals surface area contributed by atoms with E-state index in [-0.39, 0.29) is 19.2 Å². The number of rotatable bonds is 4. The van der Waals surface area contributed by atoms with E-state index >= 15 is 0 Å². The Balaban J connectivity index is 2.24. The van der Waals surface area contributed by atoms with Crippen LogP contribution in [0.5, 0.6) is 0 Å². The molecule has 0 radical (unpaired) electrons. The molecule has 1 atom stereocenters. The lowest BCUT2D eigenvalue weighted by Crippen LogP contribution is -2.22. The third kappa shape index (κ3) is 2.05. The highest BCUT2D eigenvalue weighted by atomic mass is 19.1. The van der Waals surface area contributed by atoms with E-state index < -0.39 is 0 Å². The molecule has 2 heteroatoms. The van der Waals surface area contributed by atoms with Crippen molar-refractivity contribution in [1.82, 2.24) is 0 Å². The molecule has 1 saturated carbocycles. The summed E-state index contributed by atoms with van der Waals surface area (Å²) in [7, 11) is 0. The van der Waals surface area contributed by atoms with Crippen LogP contribution in [0.3, 0.4) is 0 Å². The minimum Gasteiger partial charge on any atom is -0.392 e. The summed E-state index contributed by atoms with van der Waals surface area (Å²) in [6, 6.07) is 7.66. The Hall–Kier alpha value is -0.890. The molecule has 2 rings (SSSR count). The molecule has 1 aromatic carbocycles. The highest BCUT2D eigenvalue weighted by Gasteiger charge is 2.29. The number of aliphatic hydroxyl groups excluding tert-OH is 1. The van der Waals surface area contributed by atoms with Crippen molar-refractivity contribution < 1.29 is 9.50 Å². The third-order valence-corrected chi connectivity index (χ3v) is 3.51. The summed E-state index contributed by atoms with van der Waals surface area (Å²) in [5.74, 6) is 0.491. The first-order chi connectivity index (χ1) is 7.36. The first-order valence-corrected chi connectivity index (χ1v) is 5.61. The molecule has 82 valence electrons. The minimum atomic E-state index is -0.304. The summed E-state index contributed by atoms with van der Waals surface area (Å²) in [5.41, 5.74) is 1.89. The largest absolute Gasteiger partial charge is 0.392 e. The molecule has 1 fully saturated rings. The Bertz CT molecular complexity index is 320. The van der Waals surface area contributed by atoms with Gasteiger partial charge in [0.25, 0.3) is 0 Å². The quantitative estimate of drug-likeness (QED) is 0.806. The van der Waals surface area contributed by atoms with Crippen molar-refractivity contribution in [1.29, 1.82) is 0 Å². The van der Waals surface area contributed by atoms with Crippen LogP contribution in [-0.4, -0.2) is 11.8 Å². The van der Waals surface area contributed by atoms with E-state index in [1.54, 1.807) is 0 Å². The molecular weight excluding hydrogens is 191 g/mol. The second-order valence-electron chi connectivity index (χ2n) is 4.31. The fourth-order valence-corrected chi connectivity index (χ4v) is 2.35. The fourth-order valence-electron chi connectivity index (χ4n) is 2.35. The second kappa shape index (κ2) is 4.75. The molecule has 0 heterocycles. The molecular formula is C13H17FO. The smallest absolute Gasteiger partial charge is 0.0965 e. The van der Waals surface area contributed by atoms with Gasteiger partial charge in [0.15, 0.2) is 0 Å². The first kappa shape index (κ1) is 10.6. The second-order valence-corrected chi connectivity index (χ2v) is 4.31. The van der Waals surface area contributed by atoms with Gasteiger partial charge in [-0.05, 0) is 29.9 Å². The summed E-state index contributed by atoms with van der Waals surface area (Å²) in [4.78, 5) is 0. The molecule has 0 spiro atoms. The maximum atomic E-state index is 13.0. The van der Waals surface area contributed by atoms with Crippen LogP contribution in [0.1, 0.15) is 36.3 Å². The summed E-state index contributed by atoms with van der Waals surface area (Å²) < 4.78 is 13.0. The minimum absolute atomic E-state index is 0.00194. The van der Waals surface area contributed by atoms with Crippen LogP contribution in [0.15, 0.2) is 24.3 Å². The average Bonchev–Trinajstić information content (AvgIpc) is 2.23. The zero-order chi connectivity index (χ0) is 10.7. The van der Waals surface area contributed by atoms with Crippen LogP contribution in [0.4, 0.5) is 4.39 Å². The molecule has 0 amide bonds. The molecule has 1 aliphatic carbocycles. The molecule has 1 aromatic rings. The SMILES string of the molecule is OCc1ccccc1C(CF)C1CCC1. The summed E-state index contributed by atoms with van der Waals surface area (Å²) >= 11 is 0. The van der Waals surface area contributed by atoms with E-state index in [0.717, 1.165) is 24.0 Å². The monoisotopic (exact) mass is 208 g/mol. The van der Waals surface area contributed by atoms with Crippen LogP contribution in [0.2, 0.25) is 0 Å². The van der Waals surface area contributed by atoms with Crippen molar-refractivity contribution in [2.24, 2.45) is 5.92 Å². The van der Waals surface area contributed by atoms with Gasteiger partial charge in [-0.3, -0.25) is 4.39 Å². The van der Waals surface area contributed by atoms with E-state index in [4.69, 9.17) is 0 Å². The standard InChI is InChI=1S/C13H17FO/c14-8-13(10-5-3-6-10)12-7-2-1-4-11(12)9-15/h1-2,4,7,10,13,15H,3,5-6,8-9H2. The number of alkyl halides is 1. The van der Waals surface area contributed by atoms with Crippen molar-refractivity contribution in [3.8, 4) is 0 Å². The molecule has 0 aromatic heterocycles. The fraction of sp³-hybridized carbons (Fsp3) is 0.538. The third-order valence-electron chi connectivity index (χ3n) is 3.51. The Kier molecular flexibility index (Phi) is 3.37. The van der Waals surface area contributed by atoms with Gasteiger partial charge in [-0.15, -0.1) is 0 Å². The lowest BCUT2D eigenvalue weighted by atomic mass is 9.73. The van der Waals surface area contributed by atoms with Gasteiger partial charge in [0.2, 0.25) is 0 Å². The molecule has 15 heavy (non-hydrogen) atoms. The van der Waals surface area contributed by atoms with Gasteiger partial charge in [-0.2, -0.15) is 0 Å². The van der Waals surface area contributed by atoms with Crippen LogP contribution in [0.25, 0.3) is 0 Å². The maximum Gasteiger partial charge on any atom is 0.0965 e. The van der Waals surface area contributed by atoms with Crippen LogP contribution in [0, 0.1) is 5.92 Å². The zero-order valence-corrected chi connectivity index (χ0v) is 8.82. The molecule has 0 bridgehead atoms. The highest BCUT2D eigenvalue weighted by Crippen LogP contribution is 2.40. The summed E-state index contributed by atoms with van der Waals surface area (Å²) in [6.45, 7) is -0.291. The predicted molar refractivity (Wildman–Crippen MR) is 58.4 cm³/mol. The van der Waals surface area contributed by atoms with E-state index in [2.05, 4.69) is 0 Å². The number of hydrogen-bond donors (Lipinski definition) is 1. The van der Waals surface area contributed by atoms with E-state index in [1.165, 1.54) is 6.42 Å². The number of aliphatic hydroxyl groups is 1. The van der Waals surface area contributed by atoms with Crippen molar-refractivity contribution in [3.63, 3.8) is 0 Å². The van der Waals surface area contributed by atoms with Gasteiger partial charge in [-0.25, -0.2) is 0 Å². The molecule has 1 N–H and O–H groups in total. The maximum absolute atomic E-state index is 13.0. The molecule has 1 aliphatic rings. The molecule has 1 nitrogen and oxygen atoms in total. The molecule has 1 unspecified atom stereocenters. The van der Waals surface area contributed by atoms with Crippen molar-refractivity contribution in [3.05, 3.63) is 35.4 Å². The van der Waals surface area contributed by atoms with E-state index in [9.17, 15) is 9.50 Å². The normalized spacial score (nSPS) is 18.5. The summed E-state index contributed by atoms with van der Waals surface area (Å²) in [6.07, 6.45) is 3.49. The number of benzene rings is 1. The lowest BCUT2D eigenvalue weighted by Gasteiger charge is -2.33. The lowest BCUT2D eigenvalue weighted by molar-refractivity contribution is 0.221. The van der Waals surface area contributed by atoms with Gasteiger partial charge in [-0.1, -0.05) is 30.7 Å². The molecule has 0 aliphatic heterocycles. The van der Waals surface area contributed by atoms with Crippen molar-refractivity contribution in [2.75, 3.05) is 6.67 Å². The molecule has 0 saturated heterocycles.